The normalized spacial score (nSPS) is 15.9. The Bertz CT molecular complexity index is 1160. The molecule has 0 aliphatic carbocycles. The highest BCUT2D eigenvalue weighted by Crippen LogP contribution is 2.28. The maximum atomic E-state index is 13.9. The molecular weight excluding hydrogens is 513 g/mol. The van der Waals surface area contributed by atoms with E-state index in [1.165, 1.54) is 19.2 Å². The highest BCUT2D eigenvalue weighted by molar-refractivity contribution is 5.99. The van der Waals surface area contributed by atoms with Crippen LogP contribution in [0, 0.1) is 0 Å². The number of aliphatic imine (C=N–C) groups is 3. The van der Waals surface area contributed by atoms with Gasteiger partial charge in [0.2, 0.25) is 11.8 Å². The molecule has 13 heteroatoms. The molecule has 0 bridgehead atoms. The number of carbonyl (C=O) groups excluding carboxylic acids is 1. The number of nitrogens with one attached hydrogen (secondary N) is 4. The number of hydrogen-bond acceptors (Lipinski definition) is 9. The van der Waals surface area contributed by atoms with Gasteiger partial charge in [0.25, 0.3) is 0 Å². The highest BCUT2D eigenvalue weighted by Gasteiger charge is 2.35. The molecule has 0 aromatic heterocycles. The summed E-state index contributed by atoms with van der Waals surface area (Å²) in [5, 5.41) is 11.3. The fourth-order valence-electron chi connectivity index (χ4n) is 3.20. The van der Waals surface area contributed by atoms with Gasteiger partial charge >= 0.3 is 6.18 Å². The molecule has 39 heavy (non-hydrogen) atoms. The largest absolute Gasteiger partial charge is 0.481 e. The number of likely N-dealkylation sites (N-methyl/N-ethyl adjacent to an activating group) is 1. The number of amides is 1. The van der Waals surface area contributed by atoms with Crippen molar-refractivity contribution in [3.8, 4) is 0 Å². The molecule has 1 aromatic carbocycles. The topological polar surface area (TPSA) is 115 Å². The molecule has 210 valence electrons. The number of methoxy groups -OCH3 is 1. The van der Waals surface area contributed by atoms with E-state index in [-0.39, 0.29) is 12.4 Å². The van der Waals surface area contributed by atoms with Crippen LogP contribution in [0.15, 0.2) is 87.0 Å². The number of hydrogen-bond donors (Lipinski definition) is 4. The summed E-state index contributed by atoms with van der Waals surface area (Å²) in [5.41, 5.74) is -0.0414. The minimum atomic E-state index is -4.78. The van der Waals surface area contributed by atoms with Gasteiger partial charge in [0.05, 0.1) is 19.4 Å². The number of carbonyl (C=O) groups is 1. The second-order valence-electron chi connectivity index (χ2n) is 8.06. The molecule has 1 aromatic rings. The van der Waals surface area contributed by atoms with Crippen LogP contribution in [0.2, 0.25) is 0 Å². The van der Waals surface area contributed by atoms with E-state index in [4.69, 9.17) is 4.74 Å². The van der Waals surface area contributed by atoms with Crippen LogP contribution >= 0.6 is 0 Å². The van der Waals surface area contributed by atoms with E-state index in [1.54, 1.807) is 30.5 Å². The van der Waals surface area contributed by atoms with Crippen molar-refractivity contribution in [1.29, 1.82) is 0 Å². The number of ether oxygens (including phenoxy) is 1. The third kappa shape index (κ3) is 10.9. The monoisotopic (exact) mass is 546 g/mol. The van der Waals surface area contributed by atoms with E-state index in [2.05, 4.69) is 54.4 Å². The third-order valence-corrected chi connectivity index (χ3v) is 5.17. The SMILES string of the molecule is C=CC(=O)Nc1cccc(N/C(N=C)=C(/C=NCNC2=C(OC)NCCN(C)CCN=CC=C2)C(F)(F)F)c1. The zero-order valence-electron chi connectivity index (χ0n) is 21.9. The molecule has 2 rings (SSSR count). The number of alkyl halides is 3. The number of benzene rings is 1. The molecule has 0 unspecified atom stereocenters. The lowest BCUT2D eigenvalue weighted by molar-refractivity contribution is -0.111. The molecule has 0 saturated carbocycles. The minimum Gasteiger partial charge on any atom is -0.481 e. The van der Waals surface area contributed by atoms with E-state index in [0.717, 1.165) is 19.2 Å². The van der Waals surface area contributed by atoms with Gasteiger partial charge in [-0.1, -0.05) is 12.6 Å². The smallest absolute Gasteiger partial charge is 0.421 e. The first-order valence-electron chi connectivity index (χ1n) is 11.9. The van der Waals surface area contributed by atoms with E-state index in [9.17, 15) is 18.0 Å². The number of allylic oxidation sites excluding steroid dienone is 3. The average Bonchev–Trinajstić information content (AvgIpc) is 2.89. The number of rotatable bonds is 10. The molecule has 1 aliphatic heterocycles. The zero-order valence-corrected chi connectivity index (χ0v) is 21.9. The summed E-state index contributed by atoms with van der Waals surface area (Å²) >= 11 is 0. The standard InChI is InChI=1S/C26H33F3N8O2/c1-5-23(38)35-19-8-6-9-20(16-19)36-24(30-2)21(26(27,28)29)17-32-18-34-22-10-7-11-31-12-14-37(3)15-13-33-25(22)39-4/h5-11,16-17,33-34,36H,1-2,12-15,18H2,3-4H3,(H,35,38)/b10-7?,24-21-,25-22?,31-11?,32-17?. The second kappa shape index (κ2) is 15.8. The van der Waals surface area contributed by atoms with Gasteiger partial charge in [0.15, 0.2) is 0 Å². The Hall–Kier alpha value is -4.39. The van der Waals surface area contributed by atoms with Crippen molar-refractivity contribution in [3.63, 3.8) is 0 Å². The summed E-state index contributed by atoms with van der Waals surface area (Å²) in [6.07, 6.45) is 2.00. The molecule has 1 aliphatic rings. The average molecular weight is 547 g/mol. The summed E-state index contributed by atoms with van der Waals surface area (Å²) in [4.78, 5) is 25.4. The first-order chi connectivity index (χ1) is 18.7. The number of nitrogens with zero attached hydrogens (tertiary/aromatic N) is 4. The summed E-state index contributed by atoms with van der Waals surface area (Å²) in [5.74, 6) is -0.601. The van der Waals surface area contributed by atoms with Gasteiger partial charge in [0.1, 0.15) is 18.1 Å². The van der Waals surface area contributed by atoms with E-state index in [0.29, 0.717) is 36.6 Å². The van der Waals surface area contributed by atoms with Gasteiger partial charge in [-0.2, -0.15) is 13.2 Å². The van der Waals surface area contributed by atoms with Crippen molar-refractivity contribution in [3.05, 3.63) is 72.0 Å². The second-order valence-corrected chi connectivity index (χ2v) is 8.06. The Balaban J connectivity index is 2.24. The number of anilines is 2. The Kier molecular flexibility index (Phi) is 12.5. The summed E-state index contributed by atoms with van der Waals surface area (Å²) < 4.78 is 47.1. The summed E-state index contributed by atoms with van der Waals surface area (Å²) in [6.45, 7) is 9.21. The molecule has 1 heterocycles. The number of halogens is 3. The van der Waals surface area contributed by atoms with Crippen molar-refractivity contribution in [1.82, 2.24) is 15.5 Å². The van der Waals surface area contributed by atoms with Crippen molar-refractivity contribution in [2.75, 3.05) is 57.6 Å². The molecule has 0 spiro atoms. The van der Waals surface area contributed by atoms with Crippen LogP contribution in [0.4, 0.5) is 24.5 Å². The fourth-order valence-corrected chi connectivity index (χ4v) is 3.20. The van der Waals surface area contributed by atoms with E-state index < -0.39 is 23.5 Å². The highest BCUT2D eigenvalue weighted by atomic mass is 19.4. The molecule has 0 atom stereocenters. The molecule has 0 fully saturated rings. The molecule has 10 nitrogen and oxygen atoms in total. The Morgan fingerprint density at radius 1 is 1.28 bits per heavy atom. The zero-order chi connectivity index (χ0) is 28.7. The van der Waals surface area contributed by atoms with Crippen LogP contribution in [-0.4, -0.2) is 83.1 Å². The fraction of sp³-hybridized carbons (Fsp3) is 0.308. The summed E-state index contributed by atoms with van der Waals surface area (Å²) in [7, 11) is 3.47. The third-order valence-electron chi connectivity index (χ3n) is 5.17. The van der Waals surface area contributed by atoms with E-state index in [1.807, 2.05) is 7.05 Å². The van der Waals surface area contributed by atoms with Crippen LogP contribution in [0.5, 0.6) is 0 Å². The molecule has 4 N–H and O–H groups in total. The van der Waals surface area contributed by atoms with Crippen LogP contribution in [0.25, 0.3) is 0 Å². The first-order valence-corrected chi connectivity index (χ1v) is 11.9. The summed E-state index contributed by atoms with van der Waals surface area (Å²) in [6, 6.07) is 6.10. The molecular formula is C26H33F3N8O2. The molecule has 1 amide bonds. The van der Waals surface area contributed by atoms with Crippen molar-refractivity contribution in [2.45, 2.75) is 6.18 Å². The van der Waals surface area contributed by atoms with Gasteiger partial charge in [0, 0.05) is 43.4 Å². The maximum Gasteiger partial charge on any atom is 0.421 e. The molecule has 0 radical (unpaired) electrons. The Morgan fingerprint density at radius 2 is 2.03 bits per heavy atom. The lowest BCUT2D eigenvalue weighted by Crippen LogP contribution is -2.32. The van der Waals surface area contributed by atoms with Crippen molar-refractivity contribution in [2.24, 2.45) is 15.0 Å². The van der Waals surface area contributed by atoms with Gasteiger partial charge in [-0.25, -0.2) is 4.99 Å². The lowest BCUT2D eigenvalue weighted by Gasteiger charge is -2.19. The van der Waals surface area contributed by atoms with Gasteiger partial charge in [-0.05, 0) is 50.2 Å². The quantitative estimate of drug-likeness (QED) is 0.265. The van der Waals surface area contributed by atoms with Crippen LogP contribution in [0.3, 0.4) is 0 Å². The lowest BCUT2D eigenvalue weighted by atomic mass is 10.2. The van der Waals surface area contributed by atoms with E-state index >= 15 is 0 Å². The van der Waals surface area contributed by atoms with Crippen molar-refractivity contribution >= 4 is 36.4 Å². The van der Waals surface area contributed by atoms with Gasteiger partial charge in [-0.15, -0.1) is 0 Å². The minimum absolute atomic E-state index is 0.196. The predicted octanol–water partition coefficient (Wildman–Crippen LogP) is 3.29. The van der Waals surface area contributed by atoms with Crippen molar-refractivity contribution < 1.29 is 22.7 Å². The van der Waals surface area contributed by atoms with Crippen LogP contribution in [0.1, 0.15) is 0 Å². The van der Waals surface area contributed by atoms with Crippen LogP contribution in [-0.2, 0) is 9.53 Å². The van der Waals surface area contributed by atoms with Crippen LogP contribution < -0.4 is 21.3 Å². The maximum absolute atomic E-state index is 13.9. The predicted molar refractivity (Wildman–Crippen MR) is 150 cm³/mol. The molecule has 0 saturated heterocycles. The Labute approximate surface area is 225 Å². The van der Waals surface area contributed by atoms with Gasteiger partial charge < -0.3 is 30.9 Å². The van der Waals surface area contributed by atoms with Gasteiger partial charge in [-0.3, -0.25) is 14.8 Å². The Morgan fingerprint density at radius 3 is 2.69 bits per heavy atom. The first kappa shape index (κ1) is 30.8.